The summed E-state index contributed by atoms with van der Waals surface area (Å²) in [6.07, 6.45) is 3.04. The Morgan fingerprint density at radius 3 is 2.67 bits per heavy atom. The Balaban J connectivity index is 1.97. The van der Waals surface area contributed by atoms with Crippen molar-refractivity contribution in [1.82, 2.24) is 9.97 Å². The number of hydrogen-bond donors (Lipinski definition) is 2. The highest BCUT2D eigenvalue weighted by Crippen LogP contribution is 2.20. The number of anilines is 2. The second kappa shape index (κ2) is 5.02. The van der Waals surface area contributed by atoms with Crippen LogP contribution in [0.4, 0.5) is 11.5 Å². The highest BCUT2D eigenvalue weighted by Gasteiger charge is 2.14. The summed E-state index contributed by atoms with van der Waals surface area (Å²) in [4.78, 5) is 8.04. The zero-order chi connectivity index (χ0) is 14.9. The largest absolute Gasteiger partial charge is 0.384 e. The molecule has 0 amide bonds. The third kappa shape index (κ3) is 2.77. The number of sulfonamides is 1. The predicted octanol–water partition coefficient (Wildman–Crippen LogP) is 2.01. The van der Waals surface area contributed by atoms with Gasteiger partial charge >= 0.3 is 0 Å². The first kappa shape index (κ1) is 13.3. The lowest BCUT2D eigenvalue weighted by Gasteiger charge is -2.09. The van der Waals surface area contributed by atoms with E-state index in [2.05, 4.69) is 14.7 Å². The molecule has 0 bridgehead atoms. The van der Waals surface area contributed by atoms with Crippen LogP contribution in [0, 0.1) is 0 Å². The third-order valence-electron chi connectivity index (χ3n) is 2.92. The van der Waals surface area contributed by atoms with E-state index in [1.165, 1.54) is 18.3 Å². The minimum Gasteiger partial charge on any atom is -0.384 e. The summed E-state index contributed by atoms with van der Waals surface area (Å²) in [6.45, 7) is 0. The van der Waals surface area contributed by atoms with Gasteiger partial charge in [0.15, 0.2) is 0 Å². The summed E-state index contributed by atoms with van der Waals surface area (Å²) in [7, 11) is -3.69. The van der Waals surface area contributed by atoms with Crippen molar-refractivity contribution in [1.29, 1.82) is 0 Å². The molecule has 0 fully saturated rings. The maximum atomic E-state index is 12.3. The first-order chi connectivity index (χ1) is 10.0. The van der Waals surface area contributed by atoms with Gasteiger partial charge in [-0.3, -0.25) is 9.71 Å². The number of nitrogen functional groups attached to an aromatic ring is 1. The molecule has 2 heterocycles. The van der Waals surface area contributed by atoms with E-state index in [0.717, 1.165) is 10.9 Å². The van der Waals surface area contributed by atoms with Gasteiger partial charge in [0.25, 0.3) is 10.0 Å². The van der Waals surface area contributed by atoms with Gasteiger partial charge in [0.2, 0.25) is 0 Å². The number of rotatable bonds is 3. The van der Waals surface area contributed by atoms with Gasteiger partial charge in [0.1, 0.15) is 5.82 Å². The fourth-order valence-electron chi connectivity index (χ4n) is 1.95. The molecule has 1 aromatic carbocycles. The van der Waals surface area contributed by atoms with E-state index >= 15 is 0 Å². The van der Waals surface area contributed by atoms with Crippen molar-refractivity contribution in [2.75, 3.05) is 10.5 Å². The second-order valence-electron chi connectivity index (χ2n) is 4.43. The molecule has 3 N–H and O–H groups in total. The molecule has 0 saturated carbocycles. The molecular formula is C14H12N4O2S. The SMILES string of the molecule is Nc1cc(S(=O)(=O)Nc2ccc3ncccc3c2)ccn1. The zero-order valence-electron chi connectivity index (χ0n) is 10.9. The van der Waals surface area contributed by atoms with Crippen LogP contribution in [0.3, 0.4) is 0 Å². The fourth-order valence-corrected chi connectivity index (χ4v) is 3.02. The molecule has 3 aromatic rings. The Labute approximate surface area is 121 Å². The topological polar surface area (TPSA) is 98.0 Å². The van der Waals surface area contributed by atoms with Crippen LogP contribution in [-0.4, -0.2) is 18.4 Å². The van der Waals surface area contributed by atoms with Crippen molar-refractivity contribution in [2.45, 2.75) is 4.90 Å². The van der Waals surface area contributed by atoms with Crippen molar-refractivity contribution in [3.63, 3.8) is 0 Å². The first-order valence-electron chi connectivity index (χ1n) is 6.14. The molecule has 0 saturated heterocycles. The standard InChI is InChI=1S/C14H12N4O2S/c15-14-9-12(5-7-17-14)21(19,20)18-11-3-4-13-10(8-11)2-1-6-16-13/h1-9,18H,(H2,15,17). The van der Waals surface area contributed by atoms with Crippen LogP contribution in [-0.2, 0) is 10.0 Å². The van der Waals surface area contributed by atoms with E-state index in [-0.39, 0.29) is 10.7 Å². The van der Waals surface area contributed by atoms with Gasteiger partial charge in [-0.1, -0.05) is 6.07 Å². The first-order valence-corrected chi connectivity index (χ1v) is 7.62. The number of fused-ring (bicyclic) bond motifs is 1. The number of nitrogens with one attached hydrogen (secondary N) is 1. The maximum Gasteiger partial charge on any atom is 0.262 e. The number of aromatic nitrogens is 2. The van der Waals surface area contributed by atoms with Crippen LogP contribution >= 0.6 is 0 Å². The fraction of sp³-hybridized carbons (Fsp3) is 0. The van der Waals surface area contributed by atoms with E-state index < -0.39 is 10.0 Å². The summed E-state index contributed by atoms with van der Waals surface area (Å²) in [6, 6.07) is 11.5. The molecule has 0 aliphatic heterocycles. The molecule has 0 aliphatic carbocycles. The van der Waals surface area contributed by atoms with Crippen LogP contribution < -0.4 is 10.5 Å². The van der Waals surface area contributed by atoms with Crippen LogP contribution in [0.25, 0.3) is 10.9 Å². The summed E-state index contributed by atoms with van der Waals surface area (Å²) < 4.78 is 27.1. The van der Waals surface area contributed by atoms with E-state index in [0.29, 0.717) is 5.69 Å². The molecule has 7 heteroatoms. The van der Waals surface area contributed by atoms with Crippen LogP contribution in [0.1, 0.15) is 0 Å². The lowest BCUT2D eigenvalue weighted by atomic mass is 10.2. The van der Waals surface area contributed by atoms with Gasteiger partial charge in [-0.15, -0.1) is 0 Å². The number of nitrogens with two attached hydrogens (primary N) is 1. The van der Waals surface area contributed by atoms with E-state index in [1.54, 1.807) is 30.5 Å². The Bertz CT molecular complexity index is 910. The molecule has 3 rings (SSSR count). The van der Waals surface area contributed by atoms with Crippen LogP contribution in [0.15, 0.2) is 59.8 Å². The minimum absolute atomic E-state index is 0.0706. The normalized spacial score (nSPS) is 11.4. The summed E-state index contributed by atoms with van der Waals surface area (Å²) in [5, 5.41) is 0.854. The average molecular weight is 300 g/mol. The lowest BCUT2D eigenvalue weighted by Crippen LogP contribution is -2.13. The quantitative estimate of drug-likeness (QED) is 0.771. The Hall–Kier alpha value is -2.67. The Kier molecular flexibility index (Phi) is 3.19. The van der Waals surface area contributed by atoms with E-state index in [9.17, 15) is 8.42 Å². The summed E-state index contributed by atoms with van der Waals surface area (Å²) in [5.41, 5.74) is 6.77. The molecule has 6 nitrogen and oxygen atoms in total. The molecule has 0 atom stereocenters. The van der Waals surface area contributed by atoms with Crippen molar-refractivity contribution in [2.24, 2.45) is 0 Å². The lowest BCUT2D eigenvalue weighted by molar-refractivity contribution is 0.601. The molecule has 0 aliphatic rings. The number of pyridine rings is 2. The van der Waals surface area contributed by atoms with Gasteiger partial charge in [-0.25, -0.2) is 13.4 Å². The maximum absolute atomic E-state index is 12.3. The molecule has 0 spiro atoms. The van der Waals surface area contributed by atoms with Crippen LogP contribution in [0.5, 0.6) is 0 Å². The van der Waals surface area contributed by atoms with Gasteiger partial charge < -0.3 is 5.73 Å². The number of hydrogen-bond acceptors (Lipinski definition) is 5. The smallest absolute Gasteiger partial charge is 0.262 e. The van der Waals surface area contributed by atoms with E-state index in [1.807, 2.05) is 6.07 Å². The molecule has 0 unspecified atom stereocenters. The number of benzene rings is 1. The highest BCUT2D eigenvalue weighted by atomic mass is 32.2. The summed E-state index contributed by atoms with van der Waals surface area (Å²) >= 11 is 0. The molecule has 0 radical (unpaired) electrons. The minimum atomic E-state index is -3.69. The highest BCUT2D eigenvalue weighted by molar-refractivity contribution is 7.92. The van der Waals surface area contributed by atoms with Crippen LogP contribution in [0.2, 0.25) is 0 Å². The second-order valence-corrected chi connectivity index (χ2v) is 6.12. The van der Waals surface area contributed by atoms with E-state index in [4.69, 9.17) is 5.73 Å². The molecule has 2 aromatic heterocycles. The Morgan fingerprint density at radius 1 is 1.00 bits per heavy atom. The predicted molar refractivity (Wildman–Crippen MR) is 81.2 cm³/mol. The molecular weight excluding hydrogens is 288 g/mol. The number of nitrogens with zero attached hydrogens (tertiary/aromatic N) is 2. The van der Waals surface area contributed by atoms with Gasteiger partial charge in [-0.2, -0.15) is 0 Å². The van der Waals surface area contributed by atoms with Gasteiger partial charge in [-0.05, 0) is 30.3 Å². The Morgan fingerprint density at radius 2 is 1.86 bits per heavy atom. The van der Waals surface area contributed by atoms with Gasteiger partial charge in [0.05, 0.1) is 10.4 Å². The zero-order valence-corrected chi connectivity index (χ0v) is 11.7. The van der Waals surface area contributed by atoms with Crippen molar-refractivity contribution < 1.29 is 8.42 Å². The van der Waals surface area contributed by atoms with Crippen molar-refractivity contribution >= 4 is 32.4 Å². The third-order valence-corrected chi connectivity index (χ3v) is 4.30. The molecule has 21 heavy (non-hydrogen) atoms. The molecule has 106 valence electrons. The van der Waals surface area contributed by atoms with Crippen molar-refractivity contribution in [3.05, 3.63) is 54.9 Å². The average Bonchev–Trinajstić information content (AvgIpc) is 2.47. The van der Waals surface area contributed by atoms with Crippen molar-refractivity contribution in [3.8, 4) is 0 Å². The summed E-state index contributed by atoms with van der Waals surface area (Å²) in [5.74, 6) is 0.153. The van der Waals surface area contributed by atoms with Gasteiger partial charge in [0, 0.05) is 29.5 Å². The monoisotopic (exact) mass is 300 g/mol.